The Morgan fingerprint density at radius 1 is 1.40 bits per heavy atom. The molecule has 3 heteroatoms. The van der Waals surface area contributed by atoms with E-state index in [1.165, 1.54) is 18.4 Å². The van der Waals surface area contributed by atoms with Gasteiger partial charge in [0.05, 0.1) is 6.54 Å². The average molecular weight is 272 g/mol. The Bertz CT molecular complexity index is 475. The molecule has 1 fully saturated rings. The molecule has 1 aromatic carbocycles. The van der Waals surface area contributed by atoms with Crippen molar-refractivity contribution in [3.63, 3.8) is 0 Å². The van der Waals surface area contributed by atoms with E-state index >= 15 is 0 Å². The maximum atomic E-state index is 8.98. The Kier molecular flexibility index (Phi) is 6.07. The fourth-order valence-corrected chi connectivity index (χ4v) is 2.89. The van der Waals surface area contributed by atoms with E-state index in [0.717, 1.165) is 31.5 Å². The summed E-state index contributed by atoms with van der Waals surface area (Å²) in [6.45, 7) is 2.84. The van der Waals surface area contributed by atoms with Crippen LogP contribution in [0.2, 0.25) is 0 Å². The average Bonchev–Trinajstić information content (AvgIpc) is 2.90. The first-order valence-electron chi connectivity index (χ1n) is 7.46. The minimum Gasteiger partial charge on any atom is -0.396 e. The number of nitrogens with two attached hydrogens (primary N) is 1. The summed E-state index contributed by atoms with van der Waals surface area (Å²) >= 11 is 0. The van der Waals surface area contributed by atoms with Crippen LogP contribution in [0.3, 0.4) is 0 Å². The van der Waals surface area contributed by atoms with Gasteiger partial charge < -0.3 is 10.8 Å². The number of nitrogens with zero attached hydrogens (tertiary/aromatic N) is 1. The lowest BCUT2D eigenvalue weighted by molar-refractivity contribution is 0.210. The Labute approximate surface area is 121 Å². The van der Waals surface area contributed by atoms with Crippen molar-refractivity contribution in [1.29, 1.82) is 0 Å². The molecule has 3 nitrogen and oxygen atoms in total. The Balaban J connectivity index is 1.98. The van der Waals surface area contributed by atoms with E-state index in [9.17, 15) is 0 Å². The molecule has 20 heavy (non-hydrogen) atoms. The summed E-state index contributed by atoms with van der Waals surface area (Å²) < 4.78 is 0. The molecule has 1 atom stereocenters. The van der Waals surface area contributed by atoms with Gasteiger partial charge in [-0.05, 0) is 49.9 Å². The van der Waals surface area contributed by atoms with Crippen molar-refractivity contribution in [2.24, 2.45) is 5.73 Å². The predicted octanol–water partition coefficient (Wildman–Crippen LogP) is 1.73. The third-order valence-corrected chi connectivity index (χ3v) is 3.84. The van der Waals surface area contributed by atoms with Crippen molar-refractivity contribution in [2.75, 3.05) is 19.7 Å². The van der Waals surface area contributed by atoms with Gasteiger partial charge in [0.15, 0.2) is 0 Å². The van der Waals surface area contributed by atoms with Gasteiger partial charge in [-0.2, -0.15) is 0 Å². The summed E-state index contributed by atoms with van der Waals surface area (Å²) in [5.74, 6) is 5.99. The smallest absolute Gasteiger partial charge is 0.0555 e. The third kappa shape index (κ3) is 4.35. The van der Waals surface area contributed by atoms with Gasteiger partial charge in [0, 0.05) is 24.8 Å². The molecular weight excluding hydrogens is 248 g/mol. The summed E-state index contributed by atoms with van der Waals surface area (Å²) in [5.41, 5.74) is 7.76. The molecule has 108 valence electrons. The SMILES string of the molecule is NCC#Cc1cccc(CN2CCCC2CCCO)c1. The highest BCUT2D eigenvalue weighted by Crippen LogP contribution is 2.23. The summed E-state index contributed by atoms with van der Waals surface area (Å²) in [6, 6.07) is 9.04. The standard InChI is InChI=1S/C17H24N2O/c18-10-2-7-15-5-1-6-16(13-15)14-19-11-3-8-17(19)9-4-12-20/h1,5-6,13,17,20H,3-4,8-12,14,18H2. The second kappa shape index (κ2) is 8.06. The number of benzene rings is 1. The number of hydrogen-bond acceptors (Lipinski definition) is 3. The van der Waals surface area contributed by atoms with Crippen LogP contribution in [0.4, 0.5) is 0 Å². The van der Waals surface area contributed by atoms with Gasteiger partial charge in [-0.1, -0.05) is 24.0 Å². The van der Waals surface area contributed by atoms with Crippen LogP contribution in [-0.4, -0.2) is 35.7 Å². The van der Waals surface area contributed by atoms with Crippen molar-refractivity contribution in [1.82, 2.24) is 4.90 Å². The monoisotopic (exact) mass is 272 g/mol. The molecule has 0 saturated carbocycles. The lowest BCUT2D eigenvalue weighted by Crippen LogP contribution is -2.29. The quantitative estimate of drug-likeness (QED) is 0.803. The normalized spacial score (nSPS) is 18.8. The van der Waals surface area contributed by atoms with Crippen molar-refractivity contribution in [3.05, 3.63) is 35.4 Å². The van der Waals surface area contributed by atoms with Crippen molar-refractivity contribution >= 4 is 0 Å². The molecular formula is C17H24N2O. The summed E-state index contributed by atoms with van der Waals surface area (Å²) in [6.07, 6.45) is 4.53. The number of rotatable bonds is 5. The van der Waals surface area contributed by atoms with E-state index in [1.807, 2.05) is 6.07 Å². The minimum atomic E-state index is 0.300. The highest BCUT2D eigenvalue weighted by atomic mass is 16.2. The van der Waals surface area contributed by atoms with Crippen LogP contribution in [0.15, 0.2) is 24.3 Å². The highest BCUT2D eigenvalue weighted by molar-refractivity contribution is 5.37. The molecule has 3 N–H and O–H groups in total. The first kappa shape index (κ1) is 15.1. The fraction of sp³-hybridized carbons (Fsp3) is 0.529. The lowest BCUT2D eigenvalue weighted by atomic mass is 10.1. The molecule has 0 bridgehead atoms. The molecule has 0 aliphatic carbocycles. The van der Waals surface area contributed by atoms with Crippen LogP contribution in [0, 0.1) is 11.8 Å². The van der Waals surface area contributed by atoms with Gasteiger partial charge >= 0.3 is 0 Å². The number of aliphatic hydroxyl groups excluding tert-OH is 1. The second-order valence-electron chi connectivity index (χ2n) is 5.34. The van der Waals surface area contributed by atoms with Gasteiger partial charge in [0.1, 0.15) is 0 Å². The molecule has 1 aliphatic heterocycles. The topological polar surface area (TPSA) is 49.5 Å². The van der Waals surface area contributed by atoms with Crippen LogP contribution < -0.4 is 5.73 Å². The van der Waals surface area contributed by atoms with E-state index in [1.54, 1.807) is 0 Å². The number of hydrogen-bond donors (Lipinski definition) is 2. The van der Waals surface area contributed by atoms with Gasteiger partial charge in [-0.3, -0.25) is 4.90 Å². The largest absolute Gasteiger partial charge is 0.396 e. The first-order chi connectivity index (χ1) is 9.83. The zero-order valence-corrected chi connectivity index (χ0v) is 12.0. The maximum absolute atomic E-state index is 8.98. The molecule has 0 radical (unpaired) electrons. The molecule has 2 rings (SSSR count). The first-order valence-corrected chi connectivity index (χ1v) is 7.46. The molecule has 1 unspecified atom stereocenters. The summed E-state index contributed by atoms with van der Waals surface area (Å²) in [7, 11) is 0. The number of aliphatic hydroxyl groups is 1. The van der Waals surface area contributed by atoms with Crippen LogP contribution in [0.5, 0.6) is 0 Å². The third-order valence-electron chi connectivity index (χ3n) is 3.84. The lowest BCUT2D eigenvalue weighted by Gasteiger charge is -2.24. The molecule has 0 amide bonds. The maximum Gasteiger partial charge on any atom is 0.0555 e. The Morgan fingerprint density at radius 3 is 3.10 bits per heavy atom. The summed E-state index contributed by atoms with van der Waals surface area (Å²) in [5, 5.41) is 8.98. The van der Waals surface area contributed by atoms with Crippen LogP contribution >= 0.6 is 0 Å². The van der Waals surface area contributed by atoms with Gasteiger partial charge in [-0.15, -0.1) is 0 Å². The van der Waals surface area contributed by atoms with E-state index < -0.39 is 0 Å². The van der Waals surface area contributed by atoms with Crippen LogP contribution in [-0.2, 0) is 6.54 Å². The minimum absolute atomic E-state index is 0.300. The van der Waals surface area contributed by atoms with Gasteiger partial charge in [0.2, 0.25) is 0 Å². The highest BCUT2D eigenvalue weighted by Gasteiger charge is 2.23. The second-order valence-corrected chi connectivity index (χ2v) is 5.34. The Hall–Kier alpha value is -1.34. The zero-order valence-electron chi connectivity index (χ0n) is 12.0. The van der Waals surface area contributed by atoms with E-state index in [2.05, 4.69) is 34.9 Å². The van der Waals surface area contributed by atoms with E-state index in [0.29, 0.717) is 19.2 Å². The fourth-order valence-electron chi connectivity index (χ4n) is 2.89. The van der Waals surface area contributed by atoms with Crippen molar-refractivity contribution in [2.45, 2.75) is 38.3 Å². The zero-order chi connectivity index (χ0) is 14.2. The Morgan fingerprint density at radius 2 is 2.30 bits per heavy atom. The molecule has 1 aromatic rings. The van der Waals surface area contributed by atoms with Crippen LogP contribution in [0.1, 0.15) is 36.8 Å². The van der Waals surface area contributed by atoms with E-state index in [4.69, 9.17) is 10.8 Å². The molecule has 1 saturated heterocycles. The van der Waals surface area contributed by atoms with Crippen LogP contribution in [0.25, 0.3) is 0 Å². The van der Waals surface area contributed by atoms with Crippen molar-refractivity contribution < 1.29 is 5.11 Å². The summed E-state index contributed by atoms with van der Waals surface area (Å²) in [4.78, 5) is 2.53. The number of likely N-dealkylation sites (tertiary alicyclic amines) is 1. The van der Waals surface area contributed by atoms with E-state index in [-0.39, 0.29) is 0 Å². The van der Waals surface area contributed by atoms with Gasteiger partial charge in [0.25, 0.3) is 0 Å². The molecule has 1 aliphatic rings. The molecule has 1 heterocycles. The molecule has 0 aromatic heterocycles. The van der Waals surface area contributed by atoms with Gasteiger partial charge in [-0.25, -0.2) is 0 Å². The predicted molar refractivity (Wildman–Crippen MR) is 82.1 cm³/mol. The molecule has 0 spiro atoms. The van der Waals surface area contributed by atoms with Crippen molar-refractivity contribution in [3.8, 4) is 11.8 Å².